The van der Waals surface area contributed by atoms with Gasteiger partial charge in [-0.05, 0) is 41.2 Å². The molecule has 1 aromatic carbocycles. The summed E-state index contributed by atoms with van der Waals surface area (Å²) in [6.45, 7) is 0.141. The van der Waals surface area contributed by atoms with Gasteiger partial charge in [0, 0.05) is 17.7 Å². The number of benzene rings is 1. The first-order chi connectivity index (χ1) is 8.23. The zero-order valence-corrected chi connectivity index (χ0v) is 10.5. The van der Waals surface area contributed by atoms with Crippen LogP contribution in [-0.2, 0) is 6.42 Å². The Labute approximate surface area is 104 Å². The number of fused-ring (bicyclic) bond motifs is 1. The van der Waals surface area contributed by atoms with Crippen LogP contribution < -0.4 is 5.73 Å². The Balaban J connectivity index is 1.94. The molecule has 0 amide bonds. The minimum Gasteiger partial charge on any atom is -0.328 e. The van der Waals surface area contributed by atoms with E-state index in [1.807, 2.05) is 12.1 Å². The van der Waals surface area contributed by atoms with Gasteiger partial charge in [-0.1, -0.05) is 18.2 Å². The first-order valence-corrected chi connectivity index (χ1v) is 6.95. The molecule has 0 aliphatic heterocycles. The average molecular weight is 249 g/mol. The summed E-state index contributed by atoms with van der Waals surface area (Å²) >= 11 is 1.69. The zero-order chi connectivity index (χ0) is 11.9. The maximum Gasteiger partial charge on any atom is 0.130 e. The van der Waals surface area contributed by atoms with Gasteiger partial charge in [-0.3, -0.25) is 0 Å². The number of thiophene rings is 1. The third kappa shape index (κ3) is 1.98. The molecule has 1 saturated carbocycles. The molecule has 1 aliphatic carbocycles. The van der Waals surface area contributed by atoms with Crippen molar-refractivity contribution in [3.63, 3.8) is 0 Å². The van der Waals surface area contributed by atoms with Crippen LogP contribution in [0.25, 0.3) is 10.1 Å². The maximum atomic E-state index is 14.7. The monoisotopic (exact) mass is 249 g/mol. The summed E-state index contributed by atoms with van der Waals surface area (Å²) in [6, 6.07) is 8.20. The Hall–Kier alpha value is -0.930. The zero-order valence-electron chi connectivity index (χ0n) is 9.66. The lowest BCUT2D eigenvalue weighted by molar-refractivity contribution is 0.143. The molecule has 2 N–H and O–H groups in total. The Morgan fingerprint density at radius 2 is 2.12 bits per heavy atom. The lowest BCUT2D eigenvalue weighted by atomic mass is 9.91. The van der Waals surface area contributed by atoms with E-state index in [4.69, 9.17) is 5.73 Å². The Bertz CT molecular complexity index is 532. The van der Waals surface area contributed by atoms with Gasteiger partial charge in [0.15, 0.2) is 0 Å². The standard InChI is InChI=1S/C14H16FNS/c15-14(9-16,11-5-6-11)7-10-8-17-13-4-2-1-3-12(10)13/h1-4,8,11H,5-7,9,16H2. The summed E-state index contributed by atoms with van der Waals surface area (Å²) in [5, 5.41) is 3.27. The van der Waals surface area contributed by atoms with Crippen LogP contribution in [0, 0.1) is 5.92 Å². The normalized spacial score (nSPS) is 19.4. The maximum absolute atomic E-state index is 14.7. The first kappa shape index (κ1) is 11.2. The molecule has 17 heavy (non-hydrogen) atoms. The van der Waals surface area contributed by atoms with E-state index in [9.17, 15) is 4.39 Å². The number of alkyl halides is 1. The van der Waals surface area contributed by atoms with Crippen LogP contribution in [0.3, 0.4) is 0 Å². The van der Waals surface area contributed by atoms with Gasteiger partial charge in [-0.15, -0.1) is 11.3 Å². The molecule has 1 aromatic heterocycles. The van der Waals surface area contributed by atoms with Crippen molar-refractivity contribution in [2.24, 2.45) is 11.7 Å². The van der Waals surface area contributed by atoms with Crippen molar-refractivity contribution in [3.8, 4) is 0 Å². The highest BCUT2D eigenvalue weighted by atomic mass is 32.1. The van der Waals surface area contributed by atoms with E-state index in [0.717, 1.165) is 18.4 Å². The highest BCUT2D eigenvalue weighted by Crippen LogP contribution is 2.44. The van der Waals surface area contributed by atoms with E-state index < -0.39 is 5.67 Å². The van der Waals surface area contributed by atoms with Gasteiger partial charge < -0.3 is 5.73 Å². The molecule has 3 heteroatoms. The highest BCUT2D eigenvalue weighted by Gasteiger charge is 2.45. The second-order valence-electron chi connectivity index (χ2n) is 4.95. The van der Waals surface area contributed by atoms with E-state index in [-0.39, 0.29) is 12.5 Å². The molecule has 90 valence electrons. The second-order valence-corrected chi connectivity index (χ2v) is 5.86. The summed E-state index contributed by atoms with van der Waals surface area (Å²) in [5.74, 6) is 0.186. The van der Waals surface area contributed by atoms with Gasteiger partial charge in [0.1, 0.15) is 5.67 Å². The molecule has 0 saturated heterocycles. The number of hydrogen-bond acceptors (Lipinski definition) is 2. The van der Waals surface area contributed by atoms with Crippen LogP contribution in [0.1, 0.15) is 18.4 Å². The van der Waals surface area contributed by atoms with Crippen molar-refractivity contribution in [2.75, 3.05) is 6.54 Å². The van der Waals surface area contributed by atoms with Gasteiger partial charge in [0.2, 0.25) is 0 Å². The molecule has 1 atom stereocenters. The second kappa shape index (κ2) is 4.07. The van der Waals surface area contributed by atoms with Gasteiger partial charge >= 0.3 is 0 Å². The Kier molecular flexibility index (Phi) is 2.68. The van der Waals surface area contributed by atoms with Gasteiger partial charge in [0.25, 0.3) is 0 Å². The van der Waals surface area contributed by atoms with E-state index in [1.54, 1.807) is 11.3 Å². The van der Waals surface area contributed by atoms with Gasteiger partial charge in [-0.25, -0.2) is 4.39 Å². The lowest BCUT2D eigenvalue weighted by Crippen LogP contribution is -2.37. The molecule has 0 radical (unpaired) electrons. The van der Waals surface area contributed by atoms with E-state index in [0.29, 0.717) is 6.42 Å². The largest absolute Gasteiger partial charge is 0.328 e. The minimum absolute atomic E-state index is 0.141. The predicted molar refractivity (Wildman–Crippen MR) is 71.1 cm³/mol. The number of rotatable bonds is 4. The molecule has 1 fully saturated rings. The fourth-order valence-corrected chi connectivity index (χ4v) is 3.43. The van der Waals surface area contributed by atoms with Crippen LogP contribution in [0.2, 0.25) is 0 Å². The molecular formula is C14H16FNS. The van der Waals surface area contributed by atoms with Gasteiger partial charge in [0.05, 0.1) is 0 Å². The Morgan fingerprint density at radius 1 is 1.35 bits per heavy atom. The molecule has 1 nitrogen and oxygen atoms in total. The summed E-state index contributed by atoms with van der Waals surface area (Å²) in [5.41, 5.74) is 5.56. The van der Waals surface area contributed by atoms with E-state index in [2.05, 4.69) is 17.5 Å². The number of nitrogens with two attached hydrogens (primary N) is 1. The molecule has 1 heterocycles. The van der Waals surface area contributed by atoms with E-state index in [1.165, 1.54) is 10.1 Å². The van der Waals surface area contributed by atoms with Crippen LogP contribution in [0.5, 0.6) is 0 Å². The fourth-order valence-electron chi connectivity index (χ4n) is 2.47. The SMILES string of the molecule is NCC(F)(Cc1csc2ccccc12)C1CC1. The third-order valence-corrected chi connectivity index (χ3v) is 4.71. The number of halogens is 1. The summed E-state index contributed by atoms with van der Waals surface area (Å²) < 4.78 is 15.9. The number of hydrogen-bond donors (Lipinski definition) is 1. The summed E-state index contributed by atoms with van der Waals surface area (Å²) in [7, 11) is 0. The fraction of sp³-hybridized carbons (Fsp3) is 0.429. The highest BCUT2D eigenvalue weighted by molar-refractivity contribution is 7.17. The minimum atomic E-state index is -1.19. The molecule has 0 spiro atoms. The van der Waals surface area contributed by atoms with Crippen molar-refractivity contribution in [1.82, 2.24) is 0 Å². The molecule has 1 unspecified atom stereocenters. The van der Waals surface area contributed by atoms with Crippen molar-refractivity contribution < 1.29 is 4.39 Å². The first-order valence-electron chi connectivity index (χ1n) is 6.07. The van der Waals surface area contributed by atoms with Gasteiger partial charge in [-0.2, -0.15) is 0 Å². The van der Waals surface area contributed by atoms with Crippen LogP contribution in [0.15, 0.2) is 29.6 Å². The lowest BCUT2D eigenvalue weighted by Gasteiger charge is -2.23. The van der Waals surface area contributed by atoms with Crippen molar-refractivity contribution >= 4 is 21.4 Å². The predicted octanol–water partition coefficient (Wildman–Crippen LogP) is 3.52. The smallest absolute Gasteiger partial charge is 0.130 e. The summed E-state index contributed by atoms with van der Waals surface area (Å²) in [6.07, 6.45) is 2.46. The topological polar surface area (TPSA) is 26.0 Å². The van der Waals surface area contributed by atoms with Crippen LogP contribution in [-0.4, -0.2) is 12.2 Å². The molecule has 3 rings (SSSR count). The van der Waals surface area contributed by atoms with Crippen molar-refractivity contribution in [3.05, 3.63) is 35.2 Å². The quantitative estimate of drug-likeness (QED) is 0.881. The average Bonchev–Trinajstić information content (AvgIpc) is 3.14. The molecular weight excluding hydrogens is 233 g/mol. The Morgan fingerprint density at radius 3 is 2.82 bits per heavy atom. The molecule has 1 aliphatic rings. The van der Waals surface area contributed by atoms with Crippen molar-refractivity contribution in [1.29, 1.82) is 0 Å². The molecule has 0 bridgehead atoms. The summed E-state index contributed by atoms with van der Waals surface area (Å²) in [4.78, 5) is 0. The van der Waals surface area contributed by atoms with Crippen molar-refractivity contribution in [2.45, 2.75) is 24.9 Å². The van der Waals surface area contributed by atoms with Crippen LogP contribution in [0.4, 0.5) is 4.39 Å². The molecule has 2 aromatic rings. The third-order valence-electron chi connectivity index (χ3n) is 3.69. The van der Waals surface area contributed by atoms with Crippen LogP contribution >= 0.6 is 11.3 Å². The van der Waals surface area contributed by atoms with E-state index >= 15 is 0 Å².